The van der Waals surface area contributed by atoms with Crippen LogP contribution < -0.4 is 4.74 Å². The highest BCUT2D eigenvalue weighted by molar-refractivity contribution is 9.10. The number of pyridine rings is 1. The Hall–Kier alpha value is -0.770. The molecule has 0 aliphatic carbocycles. The number of ether oxygens (including phenoxy) is 1. The van der Waals surface area contributed by atoms with Crippen LogP contribution in [0.2, 0.25) is 0 Å². The largest absolute Gasteiger partial charge is 0.478 e. The van der Waals surface area contributed by atoms with Crippen molar-refractivity contribution in [3.8, 4) is 5.88 Å². The lowest BCUT2D eigenvalue weighted by Gasteiger charge is -2.17. The highest BCUT2D eigenvalue weighted by atomic mass is 79.9. The van der Waals surface area contributed by atoms with Crippen LogP contribution in [0.4, 0.5) is 0 Å². The third kappa shape index (κ3) is 12.3. The molecule has 7 nitrogen and oxygen atoms in total. The molecule has 156 valence electrons. The van der Waals surface area contributed by atoms with Gasteiger partial charge in [0.2, 0.25) is 5.88 Å². The Morgan fingerprint density at radius 3 is 1.78 bits per heavy atom. The maximum absolute atomic E-state index is 9.99. The number of halogens is 1. The summed E-state index contributed by atoms with van der Waals surface area (Å²) in [7, 11) is 0. The summed E-state index contributed by atoms with van der Waals surface area (Å²) in [4.78, 5) is 4.06. The smallest absolute Gasteiger partial charge is 0.214 e. The lowest BCUT2D eigenvalue weighted by atomic mass is 10.00. The van der Waals surface area contributed by atoms with Gasteiger partial charge in [-0.1, -0.05) is 15.9 Å². The number of rotatable bonds is 15. The summed E-state index contributed by atoms with van der Waals surface area (Å²) in [5.41, 5.74) is 0. The maximum atomic E-state index is 9.99. The fourth-order valence-corrected chi connectivity index (χ4v) is 2.96. The number of nitrogens with zero attached hydrogens (tertiary/aromatic N) is 1. The molecule has 0 saturated carbocycles. The van der Waals surface area contributed by atoms with Crippen molar-refractivity contribution >= 4 is 15.9 Å². The summed E-state index contributed by atoms with van der Waals surface area (Å²) >= 11 is 3.33. The van der Waals surface area contributed by atoms with E-state index in [1.54, 1.807) is 18.3 Å². The Labute approximate surface area is 169 Å². The van der Waals surface area contributed by atoms with Crippen LogP contribution in [0.5, 0.6) is 5.88 Å². The molecule has 4 atom stereocenters. The molecule has 1 rings (SSSR count). The quantitative estimate of drug-likeness (QED) is 0.276. The van der Waals surface area contributed by atoms with Gasteiger partial charge in [0, 0.05) is 29.8 Å². The molecular weight excluding hydrogens is 418 g/mol. The predicted octanol–water partition coefficient (Wildman–Crippen LogP) is 1.78. The van der Waals surface area contributed by atoms with E-state index in [4.69, 9.17) is 9.84 Å². The monoisotopic (exact) mass is 449 g/mol. The van der Waals surface area contributed by atoms with Crippen LogP contribution in [-0.2, 0) is 0 Å². The molecule has 4 unspecified atom stereocenters. The molecule has 5 N–H and O–H groups in total. The molecule has 0 aromatic carbocycles. The van der Waals surface area contributed by atoms with Gasteiger partial charge in [0.25, 0.3) is 0 Å². The van der Waals surface area contributed by atoms with Gasteiger partial charge in [-0.05, 0) is 51.0 Å². The molecule has 1 heterocycles. The number of aliphatic hydroxyl groups excluding tert-OH is 5. The minimum absolute atomic E-state index is 0.0667. The zero-order valence-electron chi connectivity index (χ0n) is 15.6. The zero-order chi connectivity index (χ0) is 20.1. The Morgan fingerprint density at radius 1 is 0.815 bits per heavy atom. The van der Waals surface area contributed by atoms with E-state index >= 15 is 0 Å². The molecule has 1 aromatic heterocycles. The van der Waals surface area contributed by atoms with Crippen molar-refractivity contribution < 1.29 is 30.3 Å². The van der Waals surface area contributed by atoms with Gasteiger partial charge in [0.1, 0.15) is 0 Å². The van der Waals surface area contributed by atoms with Crippen molar-refractivity contribution in [3.63, 3.8) is 0 Å². The molecule has 0 amide bonds. The molecule has 0 fully saturated rings. The summed E-state index contributed by atoms with van der Waals surface area (Å²) in [6.45, 7) is 0.276. The van der Waals surface area contributed by atoms with E-state index in [1.165, 1.54) is 0 Å². The van der Waals surface area contributed by atoms with Crippen LogP contribution in [0, 0.1) is 0 Å². The van der Waals surface area contributed by atoms with Gasteiger partial charge < -0.3 is 30.3 Å². The zero-order valence-corrected chi connectivity index (χ0v) is 17.2. The highest BCUT2D eigenvalue weighted by Gasteiger charge is 2.14. The normalized spacial score (nSPS) is 15.9. The van der Waals surface area contributed by atoms with Gasteiger partial charge in [-0.3, -0.25) is 0 Å². The first-order chi connectivity index (χ1) is 12.9. The van der Waals surface area contributed by atoms with Gasteiger partial charge >= 0.3 is 0 Å². The molecule has 0 saturated heterocycles. The van der Waals surface area contributed by atoms with Crippen molar-refractivity contribution in [1.29, 1.82) is 0 Å². The summed E-state index contributed by atoms with van der Waals surface area (Å²) < 4.78 is 6.35. The fraction of sp³-hybridized carbons (Fsp3) is 0.737. The Bertz CT molecular complexity index is 507. The van der Waals surface area contributed by atoms with E-state index in [-0.39, 0.29) is 6.61 Å². The molecule has 0 radical (unpaired) electrons. The average Bonchev–Trinajstić information content (AvgIpc) is 2.63. The minimum atomic E-state index is -0.598. The van der Waals surface area contributed by atoms with Crippen LogP contribution in [-0.4, -0.2) is 68.1 Å². The molecule has 1 aromatic rings. The van der Waals surface area contributed by atoms with Crippen LogP contribution in [0.1, 0.15) is 51.4 Å². The van der Waals surface area contributed by atoms with E-state index in [2.05, 4.69) is 20.9 Å². The summed E-state index contributed by atoms with van der Waals surface area (Å²) in [5, 5.41) is 48.1. The van der Waals surface area contributed by atoms with E-state index in [0.717, 1.165) is 4.47 Å². The standard InChI is InChI=1S/C19H32BrNO6/c20-14-7-10-21-19(13-14)27-12-9-18(26)6-4-16(24)2-1-15(23)3-5-17(25)8-11-22/h7,10,13,15-18,22-26H,1-6,8-9,11-12H2. The van der Waals surface area contributed by atoms with Crippen molar-refractivity contribution in [1.82, 2.24) is 4.98 Å². The Morgan fingerprint density at radius 2 is 1.30 bits per heavy atom. The first kappa shape index (κ1) is 24.3. The molecule has 0 bridgehead atoms. The molecule has 0 aliphatic heterocycles. The summed E-state index contributed by atoms with van der Waals surface area (Å²) in [5.74, 6) is 0.495. The summed E-state index contributed by atoms with van der Waals surface area (Å²) in [6.07, 6.45) is 2.76. The Balaban J connectivity index is 2.08. The second-order valence-corrected chi connectivity index (χ2v) is 7.72. The van der Waals surface area contributed by atoms with Crippen molar-refractivity contribution in [2.24, 2.45) is 0 Å². The Kier molecular flexibility index (Phi) is 12.8. The van der Waals surface area contributed by atoms with Crippen molar-refractivity contribution in [3.05, 3.63) is 22.8 Å². The van der Waals surface area contributed by atoms with Gasteiger partial charge in [-0.25, -0.2) is 4.98 Å². The number of aliphatic hydroxyl groups is 5. The number of aromatic nitrogens is 1. The first-order valence-electron chi connectivity index (χ1n) is 9.48. The van der Waals surface area contributed by atoms with Gasteiger partial charge in [-0.2, -0.15) is 0 Å². The van der Waals surface area contributed by atoms with Crippen molar-refractivity contribution in [2.75, 3.05) is 13.2 Å². The minimum Gasteiger partial charge on any atom is -0.478 e. The third-order valence-corrected chi connectivity index (χ3v) is 4.85. The van der Waals surface area contributed by atoms with E-state index in [9.17, 15) is 20.4 Å². The van der Waals surface area contributed by atoms with Crippen molar-refractivity contribution in [2.45, 2.75) is 75.8 Å². The van der Waals surface area contributed by atoms with Gasteiger partial charge in [0.05, 0.1) is 31.0 Å². The maximum Gasteiger partial charge on any atom is 0.214 e. The number of hydrogen-bond acceptors (Lipinski definition) is 7. The summed E-state index contributed by atoms with van der Waals surface area (Å²) in [6, 6.07) is 3.56. The SMILES string of the molecule is OCCC(O)CCC(O)CCC(O)CCC(O)CCOc1cc(Br)ccn1. The fourth-order valence-electron chi connectivity index (χ4n) is 2.64. The van der Waals surface area contributed by atoms with E-state index in [0.29, 0.717) is 63.9 Å². The lowest BCUT2D eigenvalue weighted by molar-refractivity contribution is 0.0676. The van der Waals surface area contributed by atoms with Gasteiger partial charge in [0.15, 0.2) is 0 Å². The molecule has 0 spiro atoms. The van der Waals surface area contributed by atoms with E-state index < -0.39 is 24.4 Å². The highest BCUT2D eigenvalue weighted by Crippen LogP contribution is 2.16. The molecule has 0 aliphatic rings. The second-order valence-electron chi connectivity index (χ2n) is 6.81. The first-order valence-corrected chi connectivity index (χ1v) is 10.3. The lowest BCUT2D eigenvalue weighted by Crippen LogP contribution is -2.19. The molecule has 8 heteroatoms. The van der Waals surface area contributed by atoms with Gasteiger partial charge in [-0.15, -0.1) is 0 Å². The van der Waals surface area contributed by atoms with Crippen LogP contribution in [0.25, 0.3) is 0 Å². The molecule has 27 heavy (non-hydrogen) atoms. The van der Waals surface area contributed by atoms with Crippen LogP contribution >= 0.6 is 15.9 Å². The number of hydrogen-bond donors (Lipinski definition) is 5. The van der Waals surface area contributed by atoms with E-state index in [1.807, 2.05) is 0 Å². The average molecular weight is 450 g/mol. The van der Waals surface area contributed by atoms with Crippen LogP contribution in [0.3, 0.4) is 0 Å². The predicted molar refractivity (Wildman–Crippen MR) is 105 cm³/mol. The van der Waals surface area contributed by atoms with Crippen LogP contribution in [0.15, 0.2) is 22.8 Å². The second kappa shape index (κ2) is 14.3. The topological polar surface area (TPSA) is 123 Å². The third-order valence-electron chi connectivity index (χ3n) is 4.36. The molecular formula is C19H32BrNO6.